The molecule has 1 aromatic heterocycles. The van der Waals surface area contributed by atoms with Crippen LogP contribution >= 0.6 is 11.3 Å². The molecule has 0 fully saturated rings. The summed E-state index contributed by atoms with van der Waals surface area (Å²) < 4.78 is 41.5. The van der Waals surface area contributed by atoms with Crippen LogP contribution in [0.1, 0.15) is 18.7 Å². The van der Waals surface area contributed by atoms with Gasteiger partial charge in [-0.05, 0) is 19.1 Å². The molecule has 0 spiro atoms. The third kappa shape index (κ3) is 3.60. The largest absolute Gasteiger partial charge is 0.432 e. The van der Waals surface area contributed by atoms with Gasteiger partial charge in [0.1, 0.15) is 0 Å². The molecule has 7 heteroatoms. The molecule has 0 aliphatic rings. The van der Waals surface area contributed by atoms with E-state index in [1.165, 1.54) is 17.4 Å². The van der Waals surface area contributed by atoms with E-state index in [0.29, 0.717) is 5.69 Å². The second-order valence-electron chi connectivity index (χ2n) is 3.80. The molecule has 19 heavy (non-hydrogen) atoms. The Balaban J connectivity index is 2.07. The lowest BCUT2D eigenvalue weighted by Gasteiger charge is -2.14. The molecule has 0 saturated heterocycles. The SMILES string of the molecule is CC(Nc1ccc(OC(F)F)c(F)c1)c1cscn1. The summed E-state index contributed by atoms with van der Waals surface area (Å²) in [5.74, 6) is -1.31. The summed E-state index contributed by atoms with van der Waals surface area (Å²) in [5, 5.41) is 4.90. The molecule has 102 valence electrons. The van der Waals surface area contributed by atoms with Crippen molar-refractivity contribution in [3.8, 4) is 5.75 Å². The van der Waals surface area contributed by atoms with E-state index in [9.17, 15) is 13.2 Å². The molecule has 1 aromatic carbocycles. The van der Waals surface area contributed by atoms with Crippen LogP contribution in [-0.2, 0) is 0 Å². The minimum Gasteiger partial charge on any atom is -0.432 e. The van der Waals surface area contributed by atoms with Gasteiger partial charge in [0.25, 0.3) is 0 Å². The number of benzene rings is 1. The van der Waals surface area contributed by atoms with E-state index in [-0.39, 0.29) is 6.04 Å². The Hall–Kier alpha value is -1.76. The lowest BCUT2D eigenvalue weighted by molar-refractivity contribution is -0.0521. The molecule has 1 heterocycles. The number of alkyl halides is 2. The number of halogens is 3. The number of thiazole rings is 1. The number of hydrogen-bond donors (Lipinski definition) is 1. The van der Waals surface area contributed by atoms with Crippen LogP contribution in [0.5, 0.6) is 5.75 Å². The maximum absolute atomic E-state index is 13.5. The zero-order valence-corrected chi connectivity index (χ0v) is 10.8. The van der Waals surface area contributed by atoms with Crippen molar-refractivity contribution in [2.75, 3.05) is 5.32 Å². The summed E-state index contributed by atoms with van der Waals surface area (Å²) in [6.45, 7) is -1.17. The molecule has 2 aromatic rings. The summed E-state index contributed by atoms with van der Waals surface area (Å²) >= 11 is 1.46. The Kier molecular flexibility index (Phi) is 4.26. The van der Waals surface area contributed by atoms with E-state index >= 15 is 0 Å². The van der Waals surface area contributed by atoms with Gasteiger partial charge in [0.15, 0.2) is 11.6 Å². The van der Waals surface area contributed by atoms with Gasteiger partial charge in [-0.25, -0.2) is 9.37 Å². The highest BCUT2D eigenvalue weighted by molar-refractivity contribution is 7.07. The number of ether oxygens (including phenoxy) is 1. The fraction of sp³-hybridized carbons (Fsp3) is 0.250. The maximum atomic E-state index is 13.5. The molecule has 2 rings (SSSR count). The Labute approximate surface area is 112 Å². The third-order valence-electron chi connectivity index (χ3n) is 2.43. The second kappa shape index (κ2) is 5.92. The van der Waals surface area contributed by atoms with Crippen LogP contribution in [0, 0.1) is 5.82 Å². The summed E-state index contributed by atoms with van der Waals surface area (Å²) in [7, 11) is 0. The van der Waals surface area contributed by atoms with Crippen molar-refractivity contribution in [1.29, 1.82) is 0 Å². The van der Waals surface area contributed by atoms with Crippen LogP contribution in [0.25, 0.3) is 0 Å². The van der Waals surface area contributed by atoms with E-state index < -0.39 is 18.2 Å². The number of nitrogens with zero attached hydrogens (tertiary/aromatic N) is 1. The van der Waals surface area contributed by atoms with E-state index in [4.69, 9.17) is 0 Å². The van der Waals surface area contributed by atoms with Gasteiger partial charge in [-0.15, -0.1) is 11.3 Å². The van der Waals surface area contributed by atoms with E-state index in [0.717, 1.165) is 17.8 Å². The molecular weight excluding hydrogens is 277 g/mol. The highest BCUT2D eigenvalue weighted by Crippen LogP contribution is 2.25. The normalized spacial score (nSPS) is 12.5. The Morgan fingerprint density at radius 2 is 2.16 bits per heavy atom. The average molecular weight is 288 g/mol. The Morgan fingerprint density at radius 1 is 1.37 bits per heavy atom. The molecule has 3 nitrogen and oxygen atoms in total. The predicted octanol–water partition coefficient (Wildman–Crippen LogP) is 4.06. The van der Waals surface area contributed by atoms with Crippen molar-refractivity contribution >= 4 is 17.0 Å². The van der Waals surface area contributed by atoms with E-state index in [1.54, 1.807) is 5.51 Å². The average Bonchev–Trinajstić information content (AvgIpc) is 2.86. The van der Waals surface area contributed by atoms with Crippen LogP contribution in [0.2, 0.25) is 0 Å². The molecule has 0 radical (unpaired) electrons. The zero-order chi connectivity index (χ0) is 13.8. The van der Waals surface area contributed by atoms with Gasteiger partial charge in [-0.1, -0.05) is 0 Å². The molecule has 0 aliphatic carbocycles. The van der Waals surface area contributed by atoms with Crippen LogP contribution in [-0.4, -0.2) is 11.6 Å². The van der Waals surface area contributed by atoms with Gasteiger partial charge in [0.05, 0.1) is 17.2 Å². The van der Waals surface area contributed by atoms with Gasteiger partial charge in [-0.2, -0.15) is 8.78 Å². The lowest BCUT2D eigenvalue weighted by atomic mass is 10.2. The van der Waals surface area contributed by atoms with Crippen molar-refractivity contribution in [1.82, 2.24) is 4.98 Å². The Morgan fingerprint density at radius 3 is 2.74 bits per heavy atom. The molecular formula is C12H11F3N2OS. The van der Waals surface area contributed by atoms with Crippen LogP contribution in [0.4, 0.5) is 18.9 Å². The minimum absolute atomic E-state index is 0.104. The van der Waals surface area contributed by atoms with Gasteiger partial charge in [0, 0.05) is 17.1 Å². The number of hydrogen-bond acceptors (Lipinski definition) is 4. The smallest absolute Gasteiger partial charge is 0.387 e. The first-order chi connectivity index (χ1) is 9.06. The van der Waals surface area contributed by atoms with Crippen LogP contribution < -0.4 is 10.1 Å². The predicted molar refractivity (Wildman–Crippen MR) is 67.2 cm³/mol. The fourth-order valence-electron chi connectivity index (χ4n) is 1.54. The first-order valence-electron chi connectivity index (χ1n) is 5.45. The highest BCUT2D eigenvalue weighted by Gasteiger charge is 2.12. The fourth-order valence-corrected chi connectivity index (χ4v) is 2.19. The summed E-state index contributed by atoms with van der Waals surface area (Å²) in [6, 6.07) is 3.65. The molecule has 1 N–H and O–H groups in total. The van der Waals surface area contributed by atoms with Gasteiger partial charge in [0.2, 0.25) is 0 Å². The number of anilines is 1. The third-order valence-corrected chi connectivity index (χ3v) is 3.03. The summed E-state index contributed by atoms with van der Waals surface area (Å²) in [5.41, 5.74) is 3.01. The van der Waals surface area contributed by atoms with Crippen LogP contribution in [0.3, 0.4) is 0 Å². The molecule has 0 aliphatic heterocycles. The van der Waals surface area contributed by atoms with Crippen molar-refractivity contribution in [3.63, 3.8) is 0 Å². The van der Waals surface area contributed by atoms with Gasteiger partial charge < -0.3 is 10.1 Å². The summed E-state index contributed by atoms with van der Waals surface area (Å²) in [6.07, 6.45) is 0. The van der Waals surface area contributed by atoms with Crippen molar-refractivity contribution in [2.45, 2.75) is 19.6 Å². The topological polar surface area (TPSA) is 34.1 Å². The first-order valence-corrected chi connectivity index (χ1v) is 6.39. The minimum atomic E-state index is -3.04. The second-order valence-corrected chi connectivity index (χ2v) is 4.52. The number of rotatable bonds is 5. The molecule has 1 atom stereocenters. The molecule has 0 bridgehead atoms. The first kappa shape index (κ1) is 13.7. The monoisotopic (exact) mass is 288 g/mol. The molecule has 1 unspecified atom stereocenters. The molecule has 0 amide bonds. The highest BCUT2D eigenvalue weighted by atomic mass is 32.1. The molecule has 0 saturated carbocycles. The Bertz CT molecular complexity index is 534. The van der Waals surface area contributed by atoms with Gasteiger partial charge >= 0.3 is 6.61 Å². The van der Waals surface area contributed by atoms with Crippen molar-refractivity contribution in [2.24, 2.45) is 0 Å². The quantitative estimate of drug-likeness (QED) is 0.901. The van der Waals surface area contributed by atoms with Crippen molar-refractivity contribution in [3.05, 3.63) is 40.6 Å². The number of aromatic nitrogens is 1. The zero-order valence-electron chi connectivity index (χ0n) is 9.94. The maximum Gasteiger partial charge on any atom is 0.387 e. The summed E-state index contributed by atoms with van der Waals surface area (Å²) in [4.78, 5) is 4.13. The number of nitrogens with one attached hydrogen (secondary N) is 1. The van der Waals surface area contributed by atoms with Crippen molar-refractivity contribution < 1.29 is 17.9 Å². The lowest BCUT2D eigenvalue weighted by Crippen LogP contribution is -2.08. The van der Waals surface area contributed by atoms with Gasteiger partial charge in [-0.3, -0.25) is 0 Å². The van der Waals surface area contributed by atoms with E-state index in [1.807, 2.05) is 12.3 Å². The van der Waals surface area contributed by atoms with Crippen LogP contribution in [0.15, 0.2) is 29.1 Å². The standard InChI is InChI=1S/C12H11F3N2OS/c1-7(10-5-19-6-16-10)17-8-2-3-11(9(13)4-8)18-12(14)15/h2-7,12,17H,1H3. The van der Waals surface area contributed by atoms with E-state index in [2.05, 4.69) is 15.0 Å².